The Labute approximate surface area is 81.1 Å². The maximum atomic E-state index is 11.3. The zero-order chi connectivity index (χ0) is 10.6. The quantitative estimate of drug-likeness (QED) is 0.585. The fraction of sp³-hybridized carbons (Fsp3) is 0.375. The van der Waals surface area contributed by atoms with Crippen molar-refractivity contribution in [2.75, 3.05) is 12.3 Å². The largest absolute Gasteiger partial charge is 0.392 e. The van der Waals surface area contributed by atoms with Gasteiger partial charge in [-0.25, -0.2) is 0 Å². The molecule has 14 heavy (non-hydrogen) atoms. The van der Waals surface area contributed by atoms with E-state index in [0.29, 0.717) is 0 Å². The van der Waals surface area contributed by atoms with Crippen LogP contribution in [-0.2, 0) is 0 Å². The Morgan fingerprint density at radius 2 is 2.36 bits per heavy atom. The van der Waals surface area contributed by atoms with Gasteiger partial charge in [-0.2, -0.15) is 0 Å². The average molecular weight is 196 g/mol. The zero-order valence-electron chi connectivity index (χ0n) is 7.77. The van der Waals surface area contributed by atoms with Crippen molar-refractivity contribution in [3.63, 3.8) is 0 Å². The molecular weight excluding hydrogens is 184 g/mol. The summed E-state index contributed by atoms with van der Waals surface area (Å²) in [5, 5.41) is 18.5. The lowest BCUT2D eigenvalue weighted by atomic mass is 10.3. The normalized spacial score (nSPS) is 12.1. The summed E-state index contributed by atoms with van der Waals surface area (Å²) in [5.74, 6) is -0.115. The van der Waals surface area contributed by atoms with Gasteiger partial charge in [0.05, 0.1) is 6.10 Å². The van der Waals surface area contributed by atoms with Gasteiger partial charge in [-0.15, -0.1) is 10.2 Å². The topological polar surface area (TPSA) is 101 Å². The number of aromatic nitrogens is 2. The average Bonchev–Trinajstić information content (AvgIpc) is 2.15. The summed E-state index contributed by atoms with van der Waals surface area (Å²) in [7, 11) is 0. The number of amides is 1. The van der Waals surface area contributed by atoms with Crippen LogP contribution in [0.1, 0.15) is 17.4 Å². The van der Waals surface area contributed by atoms with Gasteiger partial charge in [0, 0.05) is 6.54 Å². The van der Waals surface area contributed by atoms with Crippen LogP contribution in [0.5, 0.6) is 0 Å². The Hall–Kier alpha value is -1.69. The lowest BCUT2D eigenvalue weighted by molar-refractivity contribution is 0.0918. The number of anilines is 1. The highest BCUT2D eigenvalue weighted by molar-refractivity contribution is 5.92. The van der Waals surface area contributed by atoms with Crippen LogP contribution in [0.2, 0.25) is 0 Å². The number of nitrogens with zero attached hydrogens (tertiary/aromatic N) is 2. The van der Waals surface area contributed by atoms with E-state index in [1.165, 1.54) is 12.1 Å². The molecule has 1 atom stereocenters. The number of nitrogens with one attached hydrogen (secondary N) is 1. The molecule has 1 unspecified atom stereocenters. The van der Waals surface area contributed by atoms with Crippen molar-refractivity contribution < 1.29 is 9.90 Å². The molecule has 0 saturated carbocycles. The first-order valence-corrected chi connectivity index (χ1v) is 4.15. The maximum Gasteiger partial charge on any atom is 0.271 e. The molecule has 0 saturated heterocycles. The summed E-state index contributed by atoms with van der Waals surface area (Å²) in [6.45, 7) is 1.76. The van der Waals surface area contributed by atoms with E-state index in [-0.39, 0.29) is 24.0 Å². The highest BCUT2D eigenvalue weighted by Crippen LogP contribution is 1.96. The molecule has 6 nitrogen and oxygen atoms in total. The third-order valence-electron chi connectivity index (χ3n) is 1.48. The molecule has 1 heterocycles. The van der Waals surface area contributed by atoms with Crippen LogP contribution in [-0.4, -0.2) is 33.9 Å². The maximum absolute atomic E-state index is 11.3. The molecule has 0 spiro atoms. The minimum absolute atomic E-state index is 0.180. The summed E-state index contributed by atoms with van der Waals surface area (Å²) >= 11 is 0. The molecule has 1 amide bonds. The monoisotopic (exact) mass is 196 g/mol. The van der Waals surface area contributed by atoms with Crippen LogP contribution in [0.15, 0.2) is 12.1 Å². The highest BCUT2D eigenvalue weighted by Gasteiger charge is 2.07. The van der Waals surface area contributed by atoms with Crippen molar-refractivity contribution in [3.05, 3.63) is 17.8 Å². The third kappa shape index (κ3) is 2.98. The van der Waals surface area contributed by atoms with Gasteiger partial charge >= 0.3 is 0 Å². The second-order valence-electron chi connectivity index (χ2n) is 2.90. The molecule has 0 fully saturated rings. The van der Waals surface area contributed by atoms with Gasteiger partial charge in [0.2, 0.25) is 0 Å². The Kier molecular flexibility index (Phi) is 3.35. The number of carbonyl (C=O) groups excluding carboxylic acids is 1. The smallest absolute Gasteiger partial charge is 0.271 e. The molecular formula is C8H12N4O2. The van der Waals surface area contributed by atoms with Crippen molar-refractivity contribution in [1.82, 2.24) is 15.5 Å². The van der Waals surface area contributed by atoms with Gasteiger partial charge in [-0.3, -0.25) is 4.79 Å². The second-order valence-corrected chi connectivity index (χ2v) is 2.90. The molecule has 0 aliphatic heterocycles. The molecule has 6 heteroatoms. The number of carbonyl (C=O) groups is 1. The zero-order valence-corrected chi connectivity index (χ0v) is 7.77. The molecule has 1 aromatic heterocycles. The van der Waals surface area contributed by atoms with Crippen molar-refractivity contribution in [3.8, 4) is 0 Å². The van der Waals surface area contributed by atoms with Gasteiger partial charge in [0.1, 0.15) is 5.82 Å². The Bertz CT molecular complexity index is 310. The highest BCUT2D eigenvalue weighted by atomic mass is 16.3. The van der Waals surface area contributed by atoms with Gasteiger partial charge in [0.25, 0.3) is 5.91 Å². The minimum atomic E-state index is -0.583. The Balaban J connectivity index is 2.57. The molecule has 0 aliphatic carbocycles. The summed E-state index contributed by atoms with van der Waals surface area (Å²) in [4.78, 5) is 11.3. The molecule has 0 aromatic carbocycles. The number of nitrogen functional groups attached to an aromatic ring is 1. The molecule has 4 N–H and O–H groups in total. The number of hydrogen-bond donors (Lipinski definition) is 3. The lowest BCUT2D eigenvalue weighted by Crippen LogP contribution is -2.31. The molecule has 1 rings (SSSR count). The van der Waals surface area contributed by atoms with Gasteiger partial charge in [-0.05, 0) is 19.1 Å². The van der Waals surface area contributed by atoms with Crippen molar-refractivity contribution in [2.24, 2.45) is 0 Å². The van der Waals surface area contributed by atoms with E-state index >= 15 is 0 Å². The number of nitrogens with two attached hydrogens (primary N) is 1. The molecule has 0 aliphatic rings. The number of hydrogen-bond acceptors (Lipinski definition) is 5. The predicted octanol–water partition coefficient (Wildman–Crippen LogP) is -0.831. The standard InChI is InChI=1S/C8H12N4O2/c1-5(13)4-10-8(14)6-2-3-7(9)12-11-6/h2-3,5,13H,4H2,1H3,(H2,9,12)(H,10,14). The van der Waals surface area contributed by atoms with E-state index < -0.39 is 6.10 Å². The first-order valence-electron chi connectivity index (χ1n) is 4.15. The molecule has 0 radical (unpaired) electrons. The van der Waals surface area contributed by atoms with E-state index in [1.54, 1.807) is 6.92 Å². The summed E-state index contributed by atoms with van der Waals surface area (Å²) in [6, 6.07) is 2.96. The molecule has 0 bridgehead atoms. The number of aliphatic hydroxyl groups excluding tert-OH is 1. The Morgan fingerprint density at radius 3 is 2.86 bits per heavy atom. The Morgan fingerprint density at radius 1 is 1.64 bits per heavy atom. The van der Waals surface area contributed by atoms with E-state index in [1.807, 2.05) is 0 Å². The van der Waals surface area contributed by atoms with E-state index in [4.69, 9.17) is 10.8 Å². The van der Waals surface area contributed by atoms with Crippen LogP contribution in [0.3, 0.4) is 0 Å². The summed E-state index contributed by atoms with van der Waals surface area (Å²) < 4.78 is 0. The minimum Gasteiger partial charge on any atom is -0.392 e. The van der Waals surface area contributed by atoms with Gasteiger partial charge in [-0.1, -0.05) is 0 Å². The van der Waals surface area contributed by atoms with Crippen LogP contribution in [0.25, 0.3) is 0 Å². The fourth-order valence-corrected chi connectivity index (χ4v) is 0.795. The first-order chi connectivity index (χ1) is 6.59. The van der Waals surface area contributed by atoms with Crippen LogP contribution in [0, 0.1) is 0 Å². The van der Waals surface area contributed by atoms with Crippen LogP contribution < -0.4 is 11.1 Å². The first kappa shape index (κ1) is 10.4. The SMILES string of the molecule is CC(O)CNC(=O)c1ccc(N)nn1. The van der Waals surface area contributed by atoms with Gasteiger partial charge < -0.3 is 16.2 Å². The van der Waals surface area contributed by atoms with Crippen molar-refractivity contribution >= 4 is 11.7 Å². The van der Waals surface area contributed by atoms with Crippen LogP contribution in [0.4, 0.5) is 5.82 Å². The van der Waals surface area contributed by atoms with E-state index in [9.17, 15) is 4.79 Å². The van der Waals surface area contributed by atoms with Crippen LogP contribution >= 0.6 is 0 Å². The predicted molar refractivity (Wildman–Crippen MR) is 50.5 cm³/mol. The number of rotatable bonds is 3. The summed E-state index contributed by atoms with van der Waals surface area (Å²) in [6.07, 6.45) is -0.583. The van der Waals surface area contributed by atoms with E-state index in [2.05, 4.69) is 15.5 Å². The molecule has 1 aromatic rings. The molecule has 76 valence electrons. The third-order valence-corrected chi connectivity index (χ3v) is 1.48. The van der Waals surface area contributed by atoms with Gasteiger partial charge in [0.15, 0.2) is 5.69 Å². The second kappa shape index (κ2) is 4.52. The lowest BCUT2D eigenvalue weighted by Gasteiger charge is -2.05. The van der Waals surface area contributed by atoms with Crippen molar-refractivity contribution in [1.29, 1.82) is 0 Å². The fourth-order valence-electron chi connectivity index (χ4n) is 0.795. The van der Waals surface area contributed by atoms with Crippen molar-refractivity contribution in [2.45, 2.75) is 13.0 Å². The van der Waals surface area contributed by atoms with E-state index in [0.717, 1.165) is 0 Å². The number of aliphatic hydroxyl groups is 1. The summed E-state index contributed by atoms with van der Waals surface area (Å²) in [5.41, 5.74) is 5.48.